The third kappa shape index (κ3) is 8.03. The summed E-state index contributed by atoms with van der Waals surface area (Å²) in [5.41, 5.74) is 1.06. The molecule has 0 aliphatic carbocycles. The number of carboxylic acids is 1. The minimum atomic E-state index is -0.747. The Kier molecular flexibility index (Phi) is 8.60. The molecule has 0 fully saturated rings. The highest BCUT2D eigenvalue weighted by Gasteiger charge is 2.13. The van der Waals surface area contributed by atoms with Crippen LogP contribution in [0.3, 0.4) is 0 Å². The first-order valence-electron chi connectivity index (χ1n) is 7.73. The number of nitrogens with one attached hydrogen (secondary N) is 1. The predicted molar refractivity (Wildman–Crippen MR) is 88.1 cm³/mol. The van der Waals surface area contributed by atoms with Gasteiger partial charge in [0, 0.05) is 23.9 Å². The normalized spacial score (nSPS) is 11.9. The molecule has 1 amide bonds. The number of benzene rings is 1. The molecule has 0 spiro atoms. The summed E-state index contributed by atoms with van der Waals surface area (Å²) in [6, 6.07) is 7.56. The molecule has 0 aromatic heterocycles. The van der Waals surface area contributed by atoms with Crippen LogP contribution < -0.4 is 5.32 Å². The minimum absolute atomic E-state index is 0.0468. The first kappa shape index (κ1) is 18.5. The van der Waals surface area contributed by atoms with Gasteiger partial charge in [0.1, 0.15) is 0 Å². The first-order chi connectivity index (χ1) is 10.5. The third-order valence-corrected chi connectivity index (χ3v) is 3.73. The summed E-state index contributed by atoms with van der Waals surface area (Å²) in [5, 5.41) is 12.1. The van der Waals surface area contributed by atoms with E-state index in [4.69, 9.17) is 16.7 Å². The van der Waals surface area contributed by atoms with Gasteiger partial charge in [0.2, 0.25) is 5.91 Å². The molecule has 0 radical (unpaired) electrons. The Balaban J connectivity index is 2.15. The molecule has 2 N–H and O–H groups in total. The highest BCUT2D eigenvalue weighted by molar-refractivity contribution is 6.30. The van der Waals surface area contributed by atoms with Gasteiger partial charge in [-0.1, -0.05) is 43.5 Å². The van der Waals surface area contributed by atoms with E-state index in [0.29, 0.717) is 24.4 Å². The first-order valence-corrected chi connectivity index (χ1v) is 8.11. The third-order valence-electron chi connectivity index (χ3n) is 3.50. The molecule has 1 unspecified atom stereocenters. The maximum absolute atomic E-state index is 12.0. The molecule has 1 atom stereocenters. The number of rotatable bonds is 10. The second kappa shape index (κ2) is 10.2. The quantitative estimate of drug-likeness (QED) is 0.645. The van der Waals surface area contributed by atoms with Crippen LogP contribution in [-0.4, -0.2) is 23.5 Å². The van der Waals surface area contributed by atoms with Crippen molar-refractivity contribution in [2.75, 3.05) is 6.54 Å². The van der Waals surface area contributed by atoms with Crippen LogP contribution in [0.2, 0.25) is 5.02 Å². The standard InChI is InChI=1S/C17H24ClNO3/c1-13(11-14-7-6-8-15(18)12-14)17(22)19-10-5-3-2-4-9-16(20)21/h6-8,12-13H,2-5,9-11H2,1H3,(H,19,22)(H,20,21). The molecular formula is C17H24ClNO3. The van der Waals surface area contributed by atoms with Gasteiger partial charge in [-0.25, -0.2) is 0 Å². The van der Waals surface area contributed by atoms with Crippen molar-refractivity contribution in [2.45, 2.75) is 45.4 Å². The smallest absolute Gasteiger partial charge is 0.303 e. The van der Waals surface area contributed by atoms with E-state index in [0.717, 1.165) is 24.8 Å². The fraction of sp³-hybridized carbons (Fsp3) is 0.529. The van der Waals surface area contributed by atoms with Crippen LogP contribution in [0.25, 0.3) is 0 Å². The number of aliphatic carboxylic acids is 1. The van der Waals surface area contributed by atoms with Crippen molar-refractivity contribution in [1.29, 1.82) is 0 Å². The molecule has 0 aliphatic heterocycles. The molecule has 0 saturated heterocycles. The second-order valence-electron chi connectivity index (χ2n) is 5.58. The van der Waals surface area contributed by atoms with Crippen molar-refractivity contribution in [3.63, 3.8) is 0 Å². The van der Waals surface area contributed by atoms with Crippen LogP contribution in [0.5, 0.6) is 0 Å². The number of carboxylic acid groups (broad SMARTS) is 1. The van der Waals surface area contributed by atoms with Crippen LogP contribution in [0, 0.1) is 5.92 Å². The average Bonchev–Trinajstić information content (AvgIpc) is 2.45. The molecule has 0 bridgehead atoms. The summed E-state index contributed by atoms with van der Waals surface area (Å²) < 4.78 is 0. The Morgan fingerprint density at radius 1 is 1.23 bits per heavy atom. The fourth-order valence-corrected chi connectivity index (χ4v) is 2.46. The topological polar surface area (TPSA) is 66.4 Å². The van der Waals surface area contributed by atoms with E-state index in [1.165, 1.54) is 0 Å². The summed E-state index contributed by atoms with van der Waals surface area (Å²) in [7, 11) is 0. The molecule has 0 heterocycles. The Hall–Kier alpha value is -1.55. The van der Waals surface area contributed by atoms with Crippen LogP contribution in [-0.2, 0) is 16.0 Å². The zero-order valence-corrected chi connectivity index (χ0v) is 13.7. The summed E-state index contributed by atoms with van der Waals surface area (Å²) in [6.45, 7) is 2.55. The summed E-state index contributed by atoms with van der Waals surface area (Å²) in [4.78, 5) is 22.3. The number of carbonyl (C=O) groups is 2. The van der Waals surface area contributed by atoms with Gasteiger partial charge in [0.25, 0.3) is 0 Å². The van der Waals surface area contributed by atoms with E-state index in [1.807, 2.05) is 31.2 Å². The molecule has 5 heteroatoms. The molecule has 1 aromatic rings. The van der Waals surface area contributed by atoms with Gasteiger partial charge in [0.05, 0.1) is 0 Å². The van der Waals surface area contributed by atoms with E-state index in [1.54, 1.807) is 0 Å². The van der Waals surface area contributed by atoms with Gasteiger partial charge in [-0.2, -0.15) is 0 Å². The minimum Gasteiger partial charge on any atom is -0.481 e. The van der Waals surface area contributed by atoms with E-state index >= 15 is 0 Å². The van der Waals surface area contributed by atoms with E-state index in [2.05, 4.69) is 5.32 Å². The summed E-state index contributed by atoms with van der Waals surface area (Å²) in [5.74, 6) is -0.792. The fourth-order valence-electron chi connectivity index (χ4n) is 2.25. The zero-order chi connectivity index (χ0) is 16.4. The lowest BCUT2D eigenvalue weighted by Gasteiger charge is -2.12. The van der Waals surface area contributed by atoms with Crippen LogP contribution in [0.4, 0.5) is 0 Å². The van der Waals surface area contributed by atoms with Crippen molar-refractivity contribution >= 4 is 23.5 Å². The van der Waals surface area contributed by atoms with Crippen molar-refractivity contribution in [3.8, 4) is 0 Å². The number of hydrogen-bond donors (Lipinski definition) is 2. The monoisotopic (exact) mass is 325 g/mol. The Morgan fingerprint density at radius 2 is 1.95 bits per heavy atom. The number of hydrogen-bond acceptors (Lipinski definition) is 2. The largest absolute Gasteiger partial charge is 0.481 e. The second-order valence-corrected chi connectivity index (χ2v) is 6.02. The van der Waals surface area contributed by atoms with E-state index in [-0.39, 0.29) is 18.2 Å². The van der Waals surface area contributed by atoms with Crippen LogP contribution in [0.15, 0.2) is 24.3 Å². The molecule has 1 rings (SSSR count). The van der Waals surface area contributed by atoms with Gasteiger partial charge < -0.3 is 10.4 Å². The average molecular weight is 326 g/mol. The maximum Gasteiger partial charge on any atom is 0.303 e. The summed E-state index contributed by atoms with van der Waals surface area (Å²) >= 11 is 5.93. The lowest BCUT2D eigenvalue weighted by molar-refractivity contribution is -0.137. The maximum atomic E-state index is 12.0. The van der Waals surface area contributed by atoms with Gasteiger partial charge in [0.15, 0.2) is 0 Å². The Labute approximate surface area is 136 Å². The van der Waals surface area contributed by atoms with Gasteiger partial charge in [-0.3, -0.25) is 9.59 Å². The number of halogens is 1. The van der Waals surface area contributed by atoms with Gasteiger partial charge in [-0.15, -0.1) is 0 Å². The van der Waals surface area contributed by atoms with Crippen molar-refractivity contribution in [2.24, 2.45) is 5.92 Å². The number of amides is 1. The molecule has 1 aromatic carbocycles. The highest BCUT2D eigenvalue weighted by atomic mass is 35.5. The molecule has 22 heavy (non-hydrogen) atoms. The van der Waals surface area contributed by atoms with Crippen molar-refractivity contribution in [3.05, 3.63) is 34.9 Å². The van der Waals surface area contributed by atoms with Crippen LogP contribution >= 0.6 is 11.6 Å². The Morgan fingerprint density at radius 3 is 2.64 bits per heavy atom. The lowest BCUT2D eigenvalue weighted by Crippen LogP contribution is -2.31. The molecule has 4 nitrogen and oxygen atoms in total. The van der Waals surface area contributed by atoms with Crippen LogP contribution in [0.1, 0.15) is 44.6 Å². The number of unbranched alkanes of at least 4 members (excludes halogenated alkanes) is 3. The number of carbonyl (C=O) groups excluding carboxylic acids is 1. The molecule has 0 saturated carbocycles. The highest BCUT2D eigenvalue weighted by Crippen LogP contribution is 2.14. The van der Waals surface area contributed by atoms with Gasteiger partial charge >= 0.3 is 5.97 Å². The van der Waals surface area contributed by atoms with Crippen molar-refractivity contribution in [1.82, 2.24) is 5.32 Å². The summed E-state index contributed by atoms with van der Waals surface area (Å²) in [6.07, 6.45) is 4.31. The molecule has 0 aliphatic rings. The Bertz CT molecular complexity index is 491. The molecule has 122 valence electrons. The van der Waals surface area contributed by atoms with Crippen molar-refractivity contribution < 1.29 is 14.7 Å². The predicted octanol–water partition coefficient (Wildman–Crippen LogP) is 3.67. The van der Waals surface area contributed by atoms with Gasteiger partial charge in [-0.05, 0) is 37.0 Å². The SMILES string of the molecule is CC(Cc1cccc(Cl)c1)C(=O)NCCCCCCC(=O)O. The zero-order valence-electron chi connectivity index (χ0n) is 13.0. The lowest BCUT2D eigenvalue weighted by atomic mass is 10.0. The van der Waals surface area contributed by atoms with E-state index < -0.39 is 5.97 Å². The molecular weight excluding hydrogens is 302 g/mol. The van der Waals surface area contributed by atoms with E-state index in [9.17, 15) is 9.59 Å².